The third-order valence-corrected chi connectivity index (χ3v) is 2.88. The number of rotatable bonds is 4. The number of benzene rings is 2. The molecular formula is C16H14ClNO. The molecular weight excluding hydrogens is 258 g/mol. The maximum Gasteiger partial charge on any atom is 0.187 e. The van der Waals surface area contributed by atoms with Gasteiger partial charge in [-0.3, -0.25) is 4.79 Å². The van der Waals surface area contributed by atoms with E-state index in [0.29, 0.717) is 10.6 Å². The quantitative estimate of drug-likeness (QED) is 0.657. The molecule has 0 spiro atoms. The summed E-state index contributed by atoms with van der Waals surface area (Å²) in [6.07, 6.45) is 3.15. The van der Waals surface area contributed by atoms with Crippen molar-refractivity contribution in [2.45, 2.75) is 6.92 Å². The molecule has 0 aromatic heterocycles. The van der Waals surface area contributed by atoms with Gasteiger partial charge in [0.1, 0.15) is 0 Å². The van der Waals surface area contributed by atoms with Gasteiger partial charge in [-0.25, -0.2) is 0 Å². The first-order valence-electron chi connectivity index (χ1n) is 5.95. The molecule has 2 aromatic carbocycles. The minimum atomic E-state index is -0.0585. The lowest BCUT2D eigenvalue weighted by atomic mass is 10.1. The smallest absolute Gasteiger partial charge is 0.187 e. The van der Waals surface area contributed by atoms with E-state index in [1.807, 2.05) is 31.2 Å². The van der Waals surface area contributed by atoms with Gasteiger partial charge in [-0.05, 0) is 48.9 Å². The minimum Gasteiger partial charge on any atom is -0.362 e. The Hall–Kier alpha value is -2.06. The van der Waals surface area contributed by atoms with E-state index >= 15 is 0 Å². The van der Waals surface area contributed by atoms with Gasteiger partial charge >= 0.3 is 0 Å². The van der Waals surface area contributed by atoms with Crippen LogP contribution in [0.5, 0.6) is 0 Å². The van der Waals surface area contributed by atoms with Gasteiger partial charge in [-0.1, -0.05) is 23.7 Å². The normalized spacial score (nSPS) is 10.6. The average Bonchev–Trinajstić information content (AvgIpc) is 2.39. The van der Waals surface area contributed by atoms with E-state index in [-0.39, 0.29) is 5.78 Å². The third-order valence-electron chi connectivity index (χ3n) is 2.63. The Bertz CT molecular complexity index is 602. The number of halogens is 1. The second-order valence-electron chi connectivity index (χ2n) is 4.22. The number of carbonyl (C=O) groups excluding carboxylic acids is 1. The number of carbonyl (C=O) groups is 1. The second kappa shape index (κ2) is 6.21. The summed E-state index contributed by atoms with van der Waals surface area (Å²) in [4.78, 5) is 11.8. The molecule has 2 rings (SSSR count). The lowest BCUT2D eigenvalue weighted by Crippen LogP contribution is -1.96. The summed E-state index contributed by atoms with van der Waals surface area (Å²) in [5.41, 5.74) is 2.74. The topological polar surface area (TPSA) is 29.1 Å². The first-order valence-corrected chi connectivity index (χ1v) is 6.32. The van der Waals surface area contributed by atoms with E-state index in [9.17, 15) is 4.79 Å². The largest absolute Gasteiger partial charge is 0.362 e. The number of anilines is 1. The van der Waals surface area contributed by atoms with Crippen molar-refractivity contribution < 1.29 is 4.79 Å². The zero-order valence-electron chi connectivity index (χ0n) is 10.6. The van der Waals surface area contributed by atoms with Crippen LogP contribution in [0.15, 0.2) is 60.8 Å². The van der Waals surface area contributed by atoms with Crippen LogP contribution in [-0.4, -0.2) is 5.78 Å². The fraction of sp³-hybridized carbons (Fsp3) is 0.0625. The Morgan fingerprint density at radius 3 is 2.58 bits per heavy atom. The van der Waals surface area contributed by atoms with Gasteiger partial charge in [-0.15, -0.1) is 0 Å². The molecule has 2 nitrogen and oxygen atoms in total. The molecule has 0 unspecified atom stereocenters. The zero-order valence-corrected chi connectivity index (χ0v) is 11.3. The molecule has 2 aromatic rings. The van der Waals surface area contributed by atoms with Crippen molar-refractivity contribution in [3.63, 3.8) is 0 Å². The molecule has 96 valence electrons. The van der Waals surface area contributed by atoms with Crippen LogP contribution in [0.25, 0.3) is 0 Å². The van der Waals surface area contributed by atoms with Crippen molar-refractivity contribution in [1.82, 2.24) is 0 Å². The van der Waals surface area contributed by atoms with Crippen molar-refractivity contribution in [3.05, 3.63) is 77.0 Å². The van der Waals surface area contributed by atoms with Gasteiger partial charge in [0.2, 0.25) is 0 Å². The van der Waals surface area contributed by atoms with E-state index < -0.39 is 0 Å². The molecule has 0 aliphatic carbocycles. The molecule has 0 fully saturated rings. The number of ketones is 1. The first kappa shape index (κ1) is 13.4. The summed E-state index contributed by atoms with van der Waals surface area (Å²) >= 11 is 5.77. The lowest BCUT2D eigenvalue weighted by Gasteiger charge is -2.01. The summed E-state index contributed by atoms with van der Waals surface area (Å²) in [6.45, 7) is 2.02. The Morgan fingerprint density at radius 1 is 1.16 bits per heavy atom. The van der Waals surface area contributed by atoms with Gasteiger partial charge < -0.3 is 5.32 Å². The highest BCUT2D eigenvalue weighted by Gasteiger charge is 2.00. The van der Waals surface area contributed by atoms with Gasteiger partial charge in [0, 0.05) is 28.5 Å². The van der Waals surface area contributed by atoms with Gasteiger partial charge in [-0.2, -0.15) is 0 Å². The van der Waals surface area contributed by atoms with Gasteiger partial charge in [0.15, 0.2) is 5.78 Å². The lowest BCUT2D eigenvalue weighted by molar-refractivity contribution is 0.104. The number of hydrogen-bond donors (Lipinski definition) is 1. The third kappa shape index (κ3) is 3.97. The fourth-order valence-electron chi connectivity index (χ4n) is 1.66. The molecule has 0 amide bonds. The predicted octanol–water partition coefficient (Wildman–Crippen LogP) is 4.46. The summed E-state index contributed by atoms with van der Waals surface area (Å²) in [6, 6.07) is 14.8. The van der Waals surface area contributed by atoms with Crippen molar-refractivity contribution in [2.24, 2.45) is 0 Å². The molecule has 1 N–H and O–H groups in total. The van der Waals surface area contributed by atoms with E-state index in [4.69, 9.17) is 11.6 Å². The predicted molar refractivity (Wildman–Crippen MR) is 79.7 cm³/mol. The van der Waals surface area contributed by atoms with Crippen molar-refractivity contribution in [3.8, 4) is 0 Å². The van der Waals surface area contributed by atoms with Crippen LogP contribution in [0.2, 0.25) is 5.02 Å². The Labute approximate surface area is 117 Å². The Morgan fingerprint density at radius 2 is 1.89 bits per heavy atom. The number of nitrogens with one attached hydrogen (secondary N) is 1. The van der Waals surface area contributed by atoms with Crippen LogP contribution >= 0.6 is 11.6 Å². The highest BCUT2D eigenvalue weighted by Crippen LogP contribution is 2.11. The summed E-state index contributed by atoms with van der Waals surface area (Å²) in [5, 5.41) is 3.69. The Balaban J connectivity index is 1.99. The second-order valence-corrected chi connectivity index (χ2v) is 4.65. The Kier molecular flexibility index (Phi) is 4.37. The fourth-order valence-corrected chi connectivity index (χ4v) is 1.78. The molecule has 0 bridgehead atoms. The monoisotopic (exact) mass is 271 g/mol. The highest BCUT2D eigenvalue weighted by molar-refractivity contribution is 6.30. The van der Waals surface area contributed by atoms with Crippen LogP contribution in [0.3, 0.4) is 0 Å². The van der Waals surface area contributed by atoms with Crippen LogP contribution in [-0.2, 0) is 0 Å². The van der Waals surface area contributed by atoms with Crippen LogP contribution in [0.4, 0.5) is 5.69 Å². The molecule has 0 saturated heterocycles. The molecule has 0 heterocycles. The van der Waals surface area contributed by atoms with Crippen molar-refractivity contribution in [2.75, 3.05) is 5.32 Å². The van der Waals surface area contributed by atoms with Crippen LogP contribution in [0, 0.1) is 6.92 Å². The molecule has 0 saturated carbocycles. The number of allylic oxidation sites excluding steroid dienone is 1. The molecule has 0 aliphatic heterocycles. The van der Waals surface area contributed by atoms with Crippen LogP contribution < -0.4 is 5.32 Å². The van der Waals surface area contributed by atoms with E-state index in [1.54, 1.807) is 30.5 Å². The standard InChI is InChI=1S/C16H14ClNO/c1-12-3-2-4-15(11-12)18-10-9-16(19)13-5-7-14(17)8-6-13/h2-11,18H,1H3/b10-9+. The average molecular weight is 272 g/mol. The molecule has 0 radical (unpaired) electrons. The summed E-state index contributed by atoms with van der Waals surface area (Å²) in [5.74, 6) is -0.0585. The SMILES string of the molecule is Cc1cccc(N/C=C/C(=O)c2ccc(Cl)cc2)c1. The minimum absolute atomic E-state index is 0.0585. The van der Waals surface area contributed by atoms with Gasteiger partial charge in [0.05, 0.1) is 0 Å². The molecule has 3 heteroatoms. The zero-order chi connectivity index (χ0) is 13.7. The summed E-state index contributed by atoms with van der Waals surface area (Å²) in [7, 11) is 0. The number of hydrogen-bond acceptors (Lipinski definition) is 2. The highest BCUT2D eigenvalue weighted by atomic mass is 35.5. The molecule has 19 heavy (non-hydrogen) atoms. The number of aryl methyl sites for hydroxylation is 1. The molecule has 0 atom stereocenters. The first-order chi connectivity index (χ1) is 9.15. The van der Waals surface area contributed by atoms with E-state index in [0.717, 1.165) is 5.69 Å². The van der Waals surface area contributed by atoms with Crippen molar-refractivity contribution in [1.29, 1.82) is 0 Å². The maximum absolute atomic E-state index is 11.8. The maximum atomic E-state index is 11.8. The van der Waals surface area contributed by atoms with Crippen LogP contribution in [0.1, 0.15) is 15.9 Å². The van der Waals surface area contributed by atoms with Gasteiger partial charge in [0.25, 0.3) is 0 Å². The van der Waals surface area contributed by atoms with Crippen molar-refractivity contribution >= 4 is 23.1 Å². The summed E-state index contributed by atoms with van der Waals surface area (Å²) < 4.78 is 0. The molecule has 0 aliphatic rings. The van der Waals surface area contributed by atoms with E-state index in [2.05, 4.69) is 5.32 Å². The van der Waals surface area contributed by atoms with E-state index in [1.165, 1.54) is 11.6 Å².